The molecule has 0 saturated carbocycles. The van der Waals surface area contributed by atoms with Gasteiger partial charge in [-0.2, -0.15) is 0 Å². The molecule has 1 aliphatic rings. The summed E-state index contributed by atoms with van der Waals surface area (Å²) in [4.78, 5) is 31.6. The van der Waals surface area contributed by atoms with Gasteiger partial charge in [-0.15, -0.1) is 11.3 Å². The molecule has 0 atom stereocenters. The molecule has 31 heavy (non-hydrogen) atoms. The van der Waals surface area contributed by atoms with E-state index in [1.54, 1.807) is 4.90 Å². The topological polar surface area (TPSA) is 62.2 Å². The Hall–Kier alpha value is -3.32. The summed E-state index contributed by atoms with van der Waals surface area (Å²) in [5.74, 6) is 1.20. The number of carbonyl (C=O) groups is 1. The predicted molar refractivity (Wildman–Crippen MR) is 126 cm³/mol. The molecule has 7 heteroatoms. The lowest BCUT2D eigenvalue weighted by molar-refractivity contribution is 0.0982. The van der Waals surface area contributed by atoms with E-state index in [2.05, 4.69) is 41.1 Å². The Morgan fingerprint density at radius 3 is 2.39 bits per heavy atom. The fourth-order valence-electron chi connectivity index (χ4n) is 3.82. The van der Waals surface area contributed by atoms with Crippen LogP contribution in [0.3, 0.4) is 0 Å². The summed E-state index contributed by atoms with van der Waals surface area (Å²) in [5.41, 5.74) is 4.37. The van der Waals surface area contributed by atoms with Gasteiger partial charge < -0.3 is 4.90 Å². The van der Waals surface area contributed by atoms with Gasteiger partial charge in [-0.05, 0) is 30.5 Å². The minimum absolute atomic E-state index is 0.131. The number of anilines is 2. The van der Waals surface area contributed by atoms with Gasteiger partial charge in [0.25, 0.3) is 5.91 Å². The third-order valence-electron chi connectivity index (χ3n) is 5.60. The van der Waals surface area contributed by atoms with E-state index in [1.165, 1.54) is 16.9 Å². The van der Waals surface area contributed by atoms with Crippen LogP contribution >= 0.6 is 11.3 Å². The number of aromatic nitrogens is 3. The molecule has 156 valence electrons. The van der Waals surface area contributed by atoms with Crippen molar-refractivity contribution >= 4 is 39.9 Å². The maximum absolute atomic E-state index is 13.5. The standard InChI is InChI=1S/C24H23N5OS/c1-3-16-9-11-17(12-10-16)23-27-20(15-31-23)24(30)29-14-6-13-28(2)21-22(29)26-19-8-5-4-7-18(19)25-21/h4-5,7-12,15H,3,6,13-14H2,1-2H3. The number of amides is 1. The summed E-state index contributed by atoms with van der Waals surface area (Å²) in [6.07, 6.45) is 1.84. The molecule has 3 heterocycles. The average molecular weight is 430 g/mol. The van der Waals surface area contributed by atoms with Crippen molar-refractivity contribution in [2.24, 2.45) is 0 Å². The van der Waals surface area contributed by atoms with Gasteiger partial charge in [-0.25, -0.2) is 15.0 Å². The molecule has 1 amide bonds. The summed E-state index contributed by atoms with van der Waals surface area (Å²) in [7, 11) is 2.00. The van der Waals surface area contributed by atoms with Crippen LogP contribution in [0.25, 0.3) is 21.6 Å². The summed E-state index contributed by atoms with van der Waals surface area (Å²) >= 11 is 1.49. The van der Waals surface area contributed by atoms with Crippen molar-refractivity contribution in [2.75, 3.05) is 29.9 Å². The number of hydrogen-bond acceptors (Lipinski definition) is 6. The van der Waals surface area contributed by atoms with Crippen molar-refractivity contribution < 1.29 is 4.79 Å². The van der Waals surface area contributed by atoms with Crippen molar-refractivity contribution in [3.05, 3.63) is 65.2 Å². The number of rotatable bonds is 3. The van der Waals surface area contributed by atoms with Crippen molar-refractivity contribution in [1.82, 2.24) is 15.0 Å². The molecule has 2 aromatic heterocycles. The first-order valence-electron chi connectivity index (χ1n) is 10.5. The molecule has 0 fully saturated rings. The van der Waals surface area contributed by atoms with Crippen LogP contribution in [0.1, 0.15) is 29.4 Å². The van der Waals surface area contributed by atoms with Gasteiger partial charge in [0.2, 0.25) is 0 Å². The molecular formula is C24H23N5OS. The molecule has 6 nitrogen and oxygen atoms in total. The molecule has 0 bridgehead atoms. The quantitative estimate of drug-likeness (QED) is 0.468. The molecule has 4 aromatic rings. The highest BCUT2D eigenvalue weighted by Crippen LogP contribution is 2.32. The van der Waals surface area contributed by atoms with Crippen LogP contribution in [0.2, 0.25) is 0 Å². The summed E-state index contributed by atoms with van der Waals surface area (Å²) < 4.78 is 0. The monoisotopic (exact) mass is 429 g/mol. The Bertz CT molecular complexity index is 1250. The Labute approximate surface area is 185 Å². The molecule has 0 spiro atoms. The summed E-state index contributed by atoms with van der Waals surface area (Å²) in [5, 5.41) is 2.69. The molecule has 2 aromatic carbocycles. The van der Waals surface area contributed by atoms with E-state index in [-0.39, 0.29) is 5.91 Å². The number of thiazole rings is 1. The maximum Gasteiger partial charge on any atom is 0.279 e. The van der Waals surface area contributed by atoms with Crippen molar-refractivity contribution in [3.8, 4) is 10.6 Å². The van der Waals surface area contributed by atoms with Crippen LogP contribution in [0.4, 0.5) is 11.6 Å². The van der Waals surface area contributed by atoms with E-state index in [0.29, 0.717) is 18.1 Å². The van der Waals surface area contributed by atoms with E-state index in [1.807, 2.05) is 36.7 Å². The van der Waals surface area contributed by atoms with E-state index in [9.17, 15) is 4.79 Å². The van der Waals surface area contributed by atoms with E-state index in [0.717, 1.165) is 46.8 Å². The molecule has 1 aliphatic heterocycles. The molecule has 0 radical (unpaired) electrons. The van der Waals surface area contributed by atoms with E-state index >= 15 is 0 Å². The molecule has 0 aliphatic carbocycles. The van der Waals surface area contributed by atoms with Crippen LogP contribution in [0, 0.1) is 0 Å². The number of benzene rings is 2. The summed E-state index contributed by atoms with van der Waals surface area (Å²) in [6, 6.07) is 16.1. The molecule has 0 unspecified atom stereocenters. The minimum atomic E-state index is -0.131. The second-order valence-corrected chi connectivity index (χ2v) is 8.54. The first-order chi connectivity index (χ1) is 15.1. The number of nitrogens with zero attached hydrogens (tertiary/aromatic N) is 5. The van der Waals surface area contributed by atoms with Crippen molar-refractivity contribution in [3.63, 3.8) is 0 Å². The van der Waals surface area contributed by atoms with Gasteiger partial charge in [0, 0.05) is 31.1 Å². The Kier molecular flexibility index (Phi) is 5.11. The van der Waals surface area contributed by atoms with Gasteiger partial charge in [-0.3, -0.25) is 9.69 Å². The number of aryl methyl sites for hydroxylation is 1. The Balaban J connectivity index is 1.51. The van der Waals surface area contributed by atoms with Gasteiger partial charge in [0.05, 0.1) is 11.0 Å². The molecular weight excluding hydrogens is 406 g/mol. The Morgan fingerprint density at radius 1 is 0.968 bits per heavy atom. The molecule has 0 N–H and O–H groups in total. The first kappa shape index (κ1) is 19.6. The zero-order valence-electron chi connectivity index (χ0n) is 17.6. The van der Waals surface area contributed by atoms with Crippen LogP contribution in [0.5, 0.6) is 0 Å². The van der Waals surface area contributed by atoms with E-state index in [4.69, 9.17) is 9.97 Å². The highest BCUT2D eigenvalue weighted by molar-refractivity contribution is 7.13. The number of carbonyl (C=O) groups excluding carboxylic acids is 1. The maximum atomic E-state index is 13.5. The molecule has 5 rings (SSSR count). The van der Waals surface area contributed by atoms with Gasteiger partial charge in [-0.1, -0.05) is 43.3 Å². The predicted octanol–water partition coefficient (Wildman–Crippen LogP) is 4.80. The van der Waals surface area contributed by atoms with Crippen LogP contribution in [0.15, 0.2) is 53.9 Å². The minimum Gasteiger partial charge on any atom is -0.357 e. The van der Waals surface area contributed by atoms with Crippen LogP contribution in [-0.4, -0.2) is 41.0 Å². The molecule has 0 saturated heterocycles. The van der Waals surface area contributed by atoms with Gasteiger partial charge >= 0.3 is 0 Å². The van der Waals surface area contributed by atoms with Crippen LogP contribution in [-0.2, 0) is 6.42 Å². The SMILES string of the molecule is CCc1ccc(-c2nc(C(=O)N3CCCN(C)c4nc5ccccc5nc43)cs2)cc1. The fraction of sp³-hybridized carbons (Fsp3) is 0.250. The fourth-order valence-corrected chi connectivity index (χ4v) is 4.62. The first-order valence-corrected chi connectivity index (χ1v) is 11.4. The lowest BCUT2D eigenvalue weighted by atomic mass is 10.1. The smallest absolute Gasteiger partial charge is 0.279 e. The highest BCUT2D eigenvalue weighted by Gasteiger charge is 2.29. The second-order valence-electron chi connectivity index (χ2n) is 7.68. The van der Waals surface area contributed by atoms with Crippen LogP contribution < -0.4 is 9.80 Å². The van der Waals surface area contributed by atoms with Crippen molar-refractivity contribution in [1.29, 1.82) is 0 Å². The number of hydrogen-bond donors (Lipinski definition) is 0. The number of fused-ring (bicyclic) bond motifs is 2. The lowest BCUT2D eigenvalue weighted by Gasteiger charge is -2.22. The normalized spacial score (nSPS) is 13.9. The third kappa shape index (κ3) is 3.65. The zero-order chi connectivity index (χ0) is 21.4. The van der Waals surface area contributed by atoms with Gasteiger partial charge in [0.15, 0.2) is 11.6 Å². The average Bonchev–Trinajstić information content (AvgIpc) is 3.25. The zero-order valence-corrected chi connectivity index (χ0v) is 18.4. The summed E-state index contributed by atoms with van der Waals surface area (Å²) in [6.45, 7) is 3.54. The largest absolute Gasteiger partial charge is 0.357 e. The second kappa shape index (κ2) is 8.07. The third-order valence-corrected chi connectivity index (χ3v) is 6.50. The Morgan fingerprint density at radius 2 is 1.68 bits per heavy atom. The van der Waals surface area contributed by atoms with Crippen molar-refractivity contribution in [2.45, 2.75) is 19.8 Å². The number of para-hydroxylation sites is 2. The van der Waals surface area contributed by atoms with Gasteiger partial charge in [0.1, 0.15) is 10.7 Å². The lowest BCUT2D eigenvalue weighted by Crippen LogP contribution is -2.32. The highest BCUT2D eigenvalue weighted by atomic mass is 32.1. The van der Waals surface area contributed by atoms with E-state index < -0.39 is 0 Å².